The zero-order valence-corrected chi connectivity index (χ0v) is 12.1. The molecule has 0 N–H and O–H groups in total. The third kappa shape index (κ3) is 3.05. The normalized spacial score (nSPS) is 19.4. The Morgan fingerprint density at radius 1 is 1.43 bits per heavy atom. The van der Waals surface area contributed by atoms with Crippen molar-refractivity contribution in [2.45, 2.75) is 25.8 Å². The molecule has 2 aliphatic rings. The lowest BCUT2D eigenvalue weighted by atomic mass is 10.0. The smallest absolute Gasteiger partial charge is 0.309 e. The fourth-order valence-corrected chi connectivity index (χ4v) is 2.67. The summed E-state index contributed by atoms with van der Waals surface area (Å²) in [6, 6.07) is 1.43. The van der Waals surface area contributed by atoms with Gasteiger partial charge < -0.3 is 9.47 Å². The van der Waals surface area contributed by atoms with Gasteiger partial charge in [0.2, 0.25) is 0 Å². The van der Waals surface area contributed by atoms with Crippen LogP contribution < -0.4 is 5.56 Å². The average molecular weight is 289 g/mol. The van der Waals surface area contributed by atoms with E-state index < -0.39 is 10.5 Å². The Balaban J connectivity index is 2.01. The van der Waals surface area contributed by atoms with Gasteiger partial charge in [0, 0.05) is 37.5 Å². The van der Waals surface area contributed by atoms with E-state index in [-0.39, 0.29) is 5.69 Å². The second-order valence-electron chi connectivity index (χ2n) is 6.01. The molecule has 0 amide bonds. The van der Waals surface area contributed by atoms with Gasteiger partial charge in [0.25, 0.3) is 0 Å². The van der Waals surface area contributed by atoms with Crippen molar-refractivity contribution in [2.24, 2.45) is 5.92 Å². The lowest BCUT2D eigenvalue weighted by Crippen LogP contribution is -2.26. The highest BCUT2D eigenvalue weighted by atomic mass is 16.6. The Bertz CT molecular complexity index is 659. The Kier molecular flexibility index (Phi) is 3.63. The van der Waals surface area contributed by atoms with Gasteiger partial charge in [0.05, 0.1) is 4.92 Å². The van der Waals surface area contributed by atoms with Crippen molar-refractivity contribution in [1.82, 2.24) is 9.47 Å². The largest absolute Gasteiger partial charge is 0.334 e. The minimum absolute atomic E-state index is 0.312. The van der Waals surface area contributed by atoms with Crippen LogP contribution in [-0.4, -0.2) is 34.5 Å². The van der Waals surface area contributed by atoms with Crippen LogP contribution in [0.15, 0.2) is 23.1 Å². The van der Waals surface area contributed by atoms with Crippen LogP contribution in [0.5, 0.6) is 0 Å². The van der Waals surface area contributed by atoms with Gasteiger partial charge in [-0.25, -0.2) is 0 Å². The molecule has 1 aliphatic heterocycles. The third-order valence-electron chi connectivity index (χ3n) is 4.20. The maximum atomic E-state index is 12.2. The number of pyridine rings is 1. The summed E-state index contributed by atoms with van der Waals surface area (Å²) >= 11 is 0. The number of likely N-dealkylation sites (N-methyl/N-ethyl adjacent to an activating group) is 1. The van der Waals surface area contributed by atoms with Crippen molar-refractivity contribution in [3.05, 3.63) is 44.4 Å². The van der Waals surface area contributed by atoms with E-state index in [0.29, 0.717) is 12.5 Å². The molecule has 1 aliphatic carbocycles. The van der Waals surface area contributed by atoms with Crippen molar-refractivity contribution in [3.63, 3.8) is 0 Å². The molecule has 0 saturated heterocycles. The molecule has 1 aromatic heterocycles. The summed E-state index contributed by atoms with van der Waals surface area (Å²) in [7, 11) is 2.05. The fraction of sp³-hybridized carbons (Fsp3) is 0.533. The summed E-state index contributed by atoms with van der Waals surface area (Å²) in [4.78, 5) is 24.9. The van der Waals surface area contributed by atoms with Crippen molar-refractivity contribution >= 4 is 11.3 Å². The van der Waals surface area contributed by atoms with Crippen molar-refractivity contribution in [2.75, 3.05) is 20.1 Å². The minimum Gasteiger partial charge on any atom is -0.309 e. The molecular formula is C15H19N3O3. The first-order valence-electron chi connectivity index (χ1n) is 7.31. The van der Waals surface area contributed by atoms with E-state index in [0.717, 1.165) is 43.5 Å². The number of hydrogen-bond donors (Lipinski definition) is 0. The zero-order chi connectivity index (χ0) is 15.0. The number of aromatic nitrogens is 1. The van der Waals surface area contributed by atoms with Gasteiger partial charge >= 0.3 is 11.2 Å². The zero-order valence-electron chi connectivity index (χ0n) is 12.1. The van der Waals surface area contributed by atoms with Gasteiger partial charge in [-0.3, -0.25) is 14.9 Å². The number of rotatable bonds is 4. The third-order valence-corrected chi connectivity index (χ3v) is 4.20. The summed E-state index contributed by atoms with van der Waals surface area (Å²) in [5.41, 5.74) is 1.12. The highest BCUT2D eigenvalue weighted by Crippen LogP contribution is 2.31. The Morgan fingerprint density at radius 2 is 2.19 bits per heavy atom. The van der Waals surface area contributed by atoms with Crippen LogP contribution in [0.1, 0.15) is 24.8 Å². The molecule has 0 spiro atoms. The van der Waals surface area contributed by atoms with Crippen LogP contribution in [-0.2, 0) is 6.54 Å². The van der Waals surface area contributed by atoms with Gasteiger partial charge in [0.15, 0.2) is 0 Å². The van der Waals surface area contributed by atoms with E-state index in [4.69, 9.17) is 0 Å². The van der Waals surface area contributed by atoms with E-state index in [1.807, 2.05) is 7.05 Å². The number of nitrogens with zero attached hydrogens (tertiary/aromatic N) is 3. The monoisotopic (exact) mass is 289 g/mol. The molecule has 0 radical (unpaired) electrons. The Labute approximate surface area is 122 Å². The molecule has 0 atom stereocenters. The molecule has 1 fully saturated rings. The Hall–Kier alpha value is -1.95. The summed E-state index contributed by atoms with van der Waals surface area (Å²) in [6.07, 6.45) is 6.96. The van der Waals surface area contributed by atoms with E-state index in [2.05, 4.69) is 11.0 Å². The number of nitro groups is 1. The van der Waals surface area contributed by atoms with Gasteiger partial charge in [-0.15, -0.1) is 0 Å². The molecule has 0 unspecified atom stereocenters. The highest BCUT2D eigenvalue weighted by Gasteiger charge is 2.25. The maximum Gasteiger partial charge on any atom is 0.334 e. The topological polar surface area (TPSA) is 68.4 Å². The minimum atomic E-state index is -0.565. The molecule has 3 rings (SSSR count). The molecule has 0 aromatic carbocycles. The van der Waals surface area contributed by atoms with E-state index in [1.165, 1.54) is 10.6 Å². The number of hydrogen-bond acceptors (Lipinski definition) is 4. The summed E-state index contributed by atoms with van der Waals surface area (Å²) in [6.45, 7) is 2.37. The van der Waals surface area contributed by atoms with E-state index >= 15 is 0 Å². The Morgan fingerprint density at radius 3 is 2.76 bits per heavy atom. The molecular weight excluding hydrogens is 270 g/mol. The molecule has 6 nitrogen and oxygen atoms in total. The lowest BCUT2D eigenvalue weighted by molar-refractivity contribution is -0.386. The average Bonchev–Trinajstić information content (AvgIpc) is 3.25. The lowest BCUT2D eigenvalue weighted by Gasteiger charge is -2.22. The summed E-state index contributed by atoms with van der Waals surface area (Å²) in [5, 5.41) is 11.1. The quantitative estimate of drug-likeness (QED) is 0.627. The van der Waals surface area contributed by atoms with Crippen LogP contribution in [0.4, 0.5) is 5.69 Å². The van der Waals surface area contributed by atoms with Gasteiger partial charge in [-0.05, 0) is 37.8 Å². The molecule has 1 saturated carbocycles. The van der Waals surface area contributed by atoms with Crippen LogP contribution in [0.2, 0.25) is 0 Å². The first kappa shape index (κ1) is 14.0. The molecule has 1 aromatic rings. The molecule has 112 valence electrons. The van der Waals surface area contributed by atoms with Crippen molar-refractivity contribution < 1.29 is 4.92 Å². The van der Waals surface area contributed by atoms with Gasteiger partial charge in [-0.1, -0.05) is 6.08 Å². The first-order valence-corrected chi connectivity index (χ1v) is 7.31. The highest BCUT2D eigenvalue weighted by molar-refractivity contribution is 5.67. The van der Waals surface area contributed by atoms with E-state index in [9.17, 15) is 14.9 Å². The van der Waals surface area contributed by atoms with Crippen LogP contribution in [0.25, 0.3) is 5.57 Å². The van der Waals surface area contributed by atoms with Crippen LogP contribution in [0, 0.1) is 16.0 Å². The predicted octanol–water partition coefficient (Wildman–Crippen LogP) is 1.89. The molecule has 6 heteroatoms. The second-order valence-corrected chi connectivity index (χ2v) is 6.01. The van der Waals surface area contributed by atoms with Crippen LogP contribution in [0.3, 0.4) is 0 Å². The van der Waals surface area contributed by atoms with Gasteiger partial charge in [0.1, 0.15) is 0 Å². The summed E-state index contributed by atoms with van der Waals surface area (Å²) in [5.74, 6) is 0.504. The molecule has 0 bridgehead atoms. The van der Waals surface area contributed by atoms with E-state index in [1.54, 1.807) is 6.20 Å². The molecule has 21 heavy (non-hydrogen) atoms. The first-order chi connectivity index (χ1) is 10.0. The standard InChI is InChI=1S/C15H19N3O3/c1-16-6-4-12(5-7-16)13-8-14(18(20)21)15(19)17(10-13)9-11-2-3-11/h4,8,10-11H,2-3,5-7,9H2,1H3. The predicted molar refractivity (Wildman–Crippen MR) is 80.2 cm³/mol. The fourth-order valence-electron chi connectivity index (χ4n) is 2.67. The van der Waals surface area contributed by atoms with Gasteiger partial charge in [-0.2, -0.15) is 0 Å². The SMILES string of the molecule is CN1CC=C(c2cc([N+](=O)[O-])c(=O)n(CC3CC3)c2)CC1. The van der Waals surface area contributed by atoms with Crippen LogP contribution >= 0.6 is 0 Å². The maximum absolute atomic E-state index is 12.2. The summed E-state index contributed by atoms with van der Waals surface area (Å²) < 4.78 is 1.53. The van der Waals surface area contributed by atoms with Crippen molar-refractivity contribution in [1.29, 1.82) is 0 Å². The second kappa shape index (κ2) is 5.44. The van der Waals surface area contributed by atoms with Crippen molar-refractivity contribution in [3.8, 4) is 0 Å². The molecule has 2 heterocycles.